The molecule has 3 aromatic heterocycles. The van der Waals surface area contributed by atoms with Crippen molar-refractivity contribution in [1.82, 2.24) is 19.8 Å². The smallest absolute Gasteiger partial charge is 1.00 e. The minimum Gasteiger partial charge on any atom is -1.00 e. The monoisotopic (exact) mass is 1560 g/mol. The predicted molar refractivity (Wildman–Crippen MR) is 429 cm³/mol. The molecule has 34 nitrogen and oxygen atoms in total. The lowest BCUT2D eigenvalue weighted by molar-refractivity contribution is -0.572. The van der Waals surface area contributed by atoms with Crippen molar-refractivity contribution in [3.8, 4) is 23.0 Å². The van der Waals surface area contributed by atoms with Crippen LogP contribution in [0.2, 0.25) is 0 Å². The fraction of sp³-hybridized carbons (Fsp3) is 0.173. The Bertz CT molecular complexity index is 4410. The first-order chi connectivity index (χ1) is 52.6. The summed E-state index contributed by atoms with van der Waals surface area (Å²) in [4.78, 5) is 74.8. The van der Waals surface area contributed by atoms with Crippen LogP contribution in [-0.4, -0.2) is 156 Å². The van der Waals surface area contributed by atoms with Gasteiger partial charge in [0.1, 0.15) is 49.2 Å². The number of ether oxygens (including phenoxy) is 2. The molecule has 0 amide bonds. The highest BCUT2D eigenvalue weighted by molar-refractivity contribution is 6.67. The third kappa shape index (κ3) is 31.0. The molecule has 0 spiro atoms. The number of aromatic nitrogens is 3. The predicted octanol–water partition coefficient (Wildman–Crippen LogP) is -0.807. The number of rotatable bonds is 25. The Morgan fingerprint density at radius 1 is 0.514 bits per heavy atom. The summed E-state index contributed by atoms with van der Waals surface area (Å²) in [6.45, 7) is 5.69. The molecule has 6 aromatic carbocycles. The number of halogens is 2. The normalized spacial score (nSPS) is 12.1. The lowest BCUT2D eigenvalue weighted by atomic mass is 10.1. The third-order valence-electron chi connectivity index (χ3n) is 15.0. The SMILES string of the molecule is C.NC(=NC(N)=[N+](CC[NH3+])Cc1ccc(C[N+](CC[NH3+])=C(N)N=C(N)Nc2ccc(OC(=O)c3cccnc3)cc2)cc1)Nc1ccc(OC(=O)c2cccnc2)cc1.NCCN(Cc1ccc(CN(CCN)C(N)=NC(N)=Nc2ccc(O)cc2)cc1)C(N)=NC(N)=Nc1ccc(O)cc1.O=C(Cl)c1ccc[nH+]c1.[Cl-].[H+].[H+]. The van der Waals surface area contributed by atoms with E-state index >= 15 is 0 Å². The summed E-state index contributed by atoms with van der Waals surface area (Å²) in [6.07, 6.45) is 9.30. The number of nitrogens with zero attached hydrogens (tertiary/aromatic N) is 12. The summed E-state index contributed by atoms with van der Waals surface area (Å²) in [6, 6.07) is 51.6. The van der Waals surface area contributed by atoms with Crippen LogP contribution in [0.25, 0.3) is 0 Å². The summed E-state index contributed by atoms with van der Waals surface area (Å²) in [7, 11) is 0. The van der Waals surface area contributed by atoms with Gasteiger partial charge in [-0.05, 0) is 171 Å². The lowest BCUT2D eigenvalue weighted by Gasteiger charge is -2.24. The molecule has 36 heteroatoms. The van der Waals surface area contributed by atoms with Gasteiger partial charge >= 0.3 is 26.7 Å². The van der Waals surface area contributed by atoms with Gasteiger partial charge in [0.25, 0.3) is 17.2 Å². The van der Waals surface area contributed by atoms with Crippen molar-refractivity contribution < 1.29 is 74.9 Å². The van der Waals surface area contributed by atoms with Crippen molar-refractivity contribution >= 4 is 99.2 Å². The highest BCUT2D eigenvalue weighted by Gasteiger charge is 2.18. The van der Waals surface area contributed by atoms with Gasteiger partial charge in [-0.3, -0.25) is 35.4 Å². The van der Waals surface area contributed by atoms with E-state index in [1.54, 1.807) is 144 Å². The Hall–Kier alpha value is -13.6. The van der Waals surface area contributed by atoms with E-state index in [1.165, 1.54) is 36.7 Å². The zero-order valence-corrected chi connectivity index (χ0v) is 61.5. The number of guanidine groups is 8. The van der Waals surface area contributed by atoms with Crippen molar-refractivity contribution in [2.45, 2.75) is 33.6 Å². The second-order valence-electron chi connectivity index (χ2n) is 23.4. The van der Waals surface area contributed by atoms with Crippen LogP contribution in [0.5, 0.6) is 23.0 Å². The van der Waals surface area contributed by atoms with Crippen molar-refractivity contribution in [3.63, 3.8) is 0 Å². The van der Waals surface area contributed by atoms with E-state index in [4.69, 9.17) is 78.4 Å². The number of anilines is 2. The number of esters is 2. The number of aromatic amines is 1. The Labute approximate surface area is 655 Å². The molecule has 0 radical (unpaired) electrons. The molecule has 0 aliphatic carbocycles. The van der Waals surface area contributed by atoms with Gasteiger partial charge in [0.2, 0.25) is 11.9 Å². The van der Waals surface area contributed by atoms with Crippen molar-refractivity contribution in [1.29, 1.82) is 0 Å². The van der Waals surface area contributed by atoms with Gasteiger partial charge in [-0.25, -0.2) is 24.6 Å². The molecular formula is C75H97Cl2N27O7+6. The van der Waals surface area contributed by atoms with E-state index in [0.717, 1.165) is 22.3 Å². The third-order valence-corrected chi connectivity index (χ3v) is 15.2. The number of hydrogen-bond acceptors (Lipinski definition) is 13. The number of aliphatic imine (C=N–C) groups is 6. The van der Waals surface area contributed by atoms with E-state index in [1.807, 2.05) is 57.7 Å². The van der Waals surface area contributed by atoms with Gasteiger partial charge < -0.3 is 110 Å². The molecule has 0 aliphatic heterocycles. The second-order valence-corrected chi connectivity index (χ2v) is 23.7. The van der Waals surface area contributed by atoms with Gasteiger partial charge in [-0.1, -0.05) is 56.0 Å². The van der Waals surface area contributed by atoms with Crippen LogP contribution in [0.15, 0.2) is 249 Å². The standard InChI is InChI=1S/C40H44N14O4.C28H38N12O2.C6H4ClNO.CH4.ClH/c41-17-21-53(39(45)51-37(43)49-31-9-13-33(14-10-31)57-35(55)29-3-1-19-47-23-29)25-27-5-7-28(8-6-27)26-54(22-18-42)40(46)52-38(44)50-32-11-15-34(16-12-32)58-36(56)30-4-2-20-48-24-30;29-13-15-39(27(33)37-25(31)35-21-5-9-23(41)10-6-21)17-19-1-2-20(4-3-19)18-40(16-14-30)28(34)38-26(32)36-22-7-11-24(42)12-8-22;7-6(9)5-2-1-3-8-4-5;;/h1-16,19-20,23-24H,17-18,21-22,25-26,41-42H2,(H8,43,44,45,46,49,50,51,52);1-12,41-42H,13-18,29-30H2,(H4,31,33,35,37)(H4,32,34,36,38);1-4H;1H4;1H/p+6. The van der Waals surface area contributed by atoms with Gasteiger partial charge in [0.15, 0.2) is 24.3 Å². The van der Waals surface area contributed by atoms with Crippen molar-refractivity contribution in [2.75, 3.05) is 63.0 Å². The number of nitrogens with one attached hydrogen (secondary N) is 3. The highest BCUT2D eigenvalue weighted by Crippen LogP contribution is 2.21. The molecule has 0 saturated heterocycles. The molecule has 9 rings (SSSR count). The topological polar surface area (TPSA) is 576 Å². The second kappa shape index (κ2) is 46.4. The first-order valence-electron chi connectivity index (χ1n) is 33.7. The van der Waals surface area contributed by atoms with Crippen LogP contribution in [0.1, 0.15) is 63.6 Å². The molecule has 0 unspecified atom stereocenters. The maximum Gasteiger partial charge on any atom is 1.00 e. The van der Waals surface area contributed by atoms with Crippen molar-refractivity contribution in [3.05, 3.63) is 258 Å². The Morgan fingerprint density at radius 3 is 1.20 bits per heavy atom. The van der Waals surface area contributed by atoms with Crippen LogP contribution in [0.3, 0.4) is 0 Å². The molecule has 3 heterocycles. The largest absolute Gasteiger partial charge is 1.00 e. The minimum atomic E-state index is -0.511. The molecule has 9 aromatic rings. The average Bonchev–Trinajstić information content (AvgIpc) is 0.854. The van der Waals surface area contributed by atoms with Gasteiger partial charge in [0, 0.05) is 81.5 Å². The number of H-pyrrole nitrogens is 1. The summed E-state index contributed by atoms with van der Waals surface area (Å²) >= 11 is 5.14. The summed E-state index contributed by atoms with van der Waals surface area (Å²) < 4.78 is 14.6. The molecule has 0 fully saturated rings. The van der Waals surface area contributed by atoms with Crippen LogP contribution in [0, 0.1) is 0 Å². The van der Waals surface area contributed by atoms with Crippen LogP contribution in [0.4, 0.5) is 22.7 Å². The number of nitrogens with two attached hydrogens (primary N) is 10. The number of phenols is 2. The number of hydrogen-bond donors (Lipinski definition) is 16. The zero-order valence-electron chi connectivity index (χ0n) is 62.0. The van der Waals surface area contributed by atoms with Gasteiger partial charge in [0.05, 0.1) is 41.2 Å². The highest BCUT2D eigenvalue weighted by atomic mass is 35.5. The van der Waals surface area contributed by atoms with E-state index in [0.29, 0.717) is 129 Å². The number of quaternary nitrogens is 2. The average molecular weight is 1560 g/mol. The first-order valence-corrected chi connectivity index (χ1v) is 34.1. The maximum atomic E-state index is 12.3. The number of pyridine rings is 3. The van der Waals surface area contributed by atoms with Crippen LogP contribution >= 0.6 is 11.6 Å². The Kier molecular flexibility index (Phi) is 36.8. The molecule has 0 bridgehead atoms. The lowest BCUT2D eigenvalue weighted by Crippen LogP contribution is -3.00. The quantitative estimate of drug-likeness (QED) is 0.00831. The molecule has 0 aliphatic rings. The number of phenolic OH excluding ortho intramolecular Hbond substituents is 2. The Balaban J connectivity index is 0.000000527. The van der Waals surface area contributed by atoms with Crippen molar-refractivity contribution in [2.24, 2.45) is 87.3 Å². The Morgan fingerprint density at radius 2 is 0.883 bits per heavy atom. The van der Waals surface area contributed by atoms with E-state index in [2.05, 4.69) is 67.0 Å². The first kappa shape index (κ1) is 88.0. The van der Waals surface area contributed by atoms with Crippen LogP contribution < -0.4 is 106 Å². The summed E-state index contributed by atoms with van der Waals surface area (Å²) in [5.41, 5.74) is 76.6. The zero-order chi connectivity index (χ0) is 78.5. The molecule has 0 saturated carbocycles. The molecule has 111 heavy (non-hydrogen) atoms. The fourth-order valence-corrected chi connectivity index (χ4v) is 9.80. The van der Waals surface area contributed by atoms with E-state index in [9.17, 15) is 24.6 Å². The maximum absolute atomic E-state index is 12.3. The van der Waals surface area contributed by atoms with E-state index < -0.39 is 17.2 Å². The fourth-order valence-electron chi connectivity index (χ4n) is 9.69. The molecular weight excluding hydrogens is 1460 g/mol. The molecule has 31 N–H and O–H groups in total. The van der Waals surface area contributed by atoms with E-state index in [-0.39, 0.29) is 81.9 Å². The number of carbonyl (C=O) groups excluding carboxylic acids is 3. The molecule has 582 valence electrons. The summed E-state index contributed by atoms with van der Waals surface area (Å²) in [5.74, 6) is 0.847. The number of carbonyl (C=O) groups is 3. The van der Waals surface area contributed by atoms with Gasteiger partial charge in [-0.2, -0.15) is 9.98 Å². The number of aromatic hydroxyl groups is 2. The van der Waals surface area contributed by atoms with Crippen LogP contribution in [-0.2, 0) is 26.2 Å². The minimum absolute atomic E-state index is 0. The summed E-state index contributed by atoms with van der Waals surface area (Å²) in [5, 5.41) is 24.4. The molecule has 0 atom stereocenters. The number of benzene rings is 6. The van der Waals surface area contributed by atoms with Gasteiger partial charge in [-0.15, -0.1) is 0 Å².